The molecule has 0 saturated heterocycles. The van der Waals surface area contributed by atoms with E-state index in [0.29, 0.717) is 18.5 Å². The van der Waals surface area contributed by atoms with Crippen LogP contribution in [0.5, 0.6) is 0 Å². The number of nitrogens with one attached hydrogen (secondary N) is 2. The minimum Gasteiger partial charge on any atom is -0.325 e. The number of halogens is 1. The predicted molar refractivity (Wildman–Crippen MR) is 91.9 cm³/mol. The van der Waals surface area contributed by atoms with E-state index in [-0.39, 0.29) is 5.91 Å². The lowest BCUT2D eigenvalue weighted by molar-refractivity contribution is -0.115. The van der Waals surface area contributed by atoms with Gasteiger partial charge < -0.3 is 10.6 Å². The zero-order valence-corrected chi connectivity index (χ0v) is 14.4. The van der Waals surface area contributed by atoms with Crippen LogP contribution >= 0.6 is 22.6 Å². The number of hydrogen-bond donors (Lipinski definition) is 2. The van der Waals surface area contributed by atoms with E-state index in [2.05, 4.69) is 46.2 Å². The van der Waals surface area contributed by atoms with Crippen LogP contribution in [-0.4, -0.2) is 18.5 Å². The van der Waals surface area contributed by atoms with E-state index in [1.54, 1.807) is 0 Å². The van der Waals surface area contributed by atoms with Gasteiger partial charge >= 0.3 is 0 Å². The summed E-state index contributed by atoms with van der Waals surface area (Å²) in [6, 6.07) is 6.55. The van der Waals surface area contributed by atoms with Gasteiger partial charge in [-0.15, -0.1) is 0 Å². The van der Waals surface area contributed by atoms with Gasteiger partial charge in [0.05, 0.1) is 6.54 Å². The second-order valence-corrected chi connectivity index (χ2v) is 7.00. The third kappa shape index (κ3) is 4.45. The molecule has 1 aliphatic rings. The molecular weight excluding hydrogens is 363 g/mol. The highest BCUT2D eigenvalue weighted by molar-refractivity contribution is 14.1. The predicted octanol–water partition coefficient (Wildman–Crippen LogP) is 3.71. The Labute approximate surface area is 135 Å². The average molecular weight is 386 g/mol. The third-order valence-electron chi connectivity index (χ3n) is 4.10. The Bertz CT molecular complexity index is 476. The molecule has 0 heterocycles. The van der Waals surface area contributed by atoms with Crippen molar-refractivity contribution in [1.29, 1.82) is 0 Å². The monoisotopic (exact) mass is 386 g/mol. The van der Waals surface area contributed by atoms with Crippen molar-refractivity contribution in [2.45, 2.75) is 45.6 Å². The molecule has 0 bridgehead atoms. The smallest absolute Gasteiger partial charge is 0.238 e. The van der Waals surface area contributed by atoms with Crippen LogP contribution in [0, 0.1) is 16.4 Å². The van der Waals surface area contributed by atoms with Crippen molar-refractivity contribution in [2.24, 2.45) is 5.92 Å². The molecule has 1 amide bonds. The first-order valence-corrected chi connectivity index (χ1v) is 8.43. The van der Waals surface area contributed by atoms with Gasteiger partial charge in [-0.25, -0.2) is 0 Å². The summed E-state index contributed by atoms with van der Waals surface area (Å²) in [5.74, 6) is 0.726. The van der Waals surface area contributed by atoms with Gasteiger partial charge in [0.1, 0.15) is 0 Å². The summed E-state index contributed by atoms with van der Waals surface area (Å²) in [6.45, 7) is 4.70. The Kier molecular flexibility index (Phi) is 5.84. The maximum absolute atomic E-state index is 12.0. The number of hydrogen-bond acceptors (Lipinski definition) is 2. The number of aryl methyl sites for hydroxylation is 1. The molecule has 0 spiro atoms. The van der Waals surface area contributed by atoms with E-state index >= 15 is 0 Å². The molecule has 110 valence electrons. The zero-order valence-electron chi connectivity index (χ0n) is 12.2. The Morgan fingerprint density at radius 3 is 2.80 bits per heavy atom. The normalized spacial score (nSPS) is 22.6. The van der Waals surface area contributed by atoms with Crippen LogP contribution in [0.2, 0.25) is 0 Å². The maximum atomic E-state index is 12.0. The standard InChI is InChI=1S/C16H23IN2O/c1-11-5-3-4-6-14(11)18-10-16(20)19-15-8-7-13(17)9-12(15)2/h7-9,11,14,18H,3-6,10H2,1-2H3,(H,19,20). The summed E-state index contributed by atoms with van der Waals surface area (Å²) in [6.07, 6.45) is 5.07. The molecule has 3 nitrogen and oxygen atoms in total. The van der Waals surface area contributed by atoms with E-state index in [1.165, 1.54) is 29.3 Å². The fourth-order valence-corrected chi connectivity index (χ4v) is 3.45. The minimum atomic E-state index is 0.0482. The number of carbonyl (C=O) groups excluding carboxylic acids is 1. The van der Waals surface area contributed by atoms with Crippen LogP contribution in [0.3, 0.4) is 0 Å². The molecule has 4 heteroatoms. The fraction of sp³-hybridized carbons (Fsp3) is 0.562. The van der Waals surface area contributed by atoms with Crippen molar-refractivity contribution >= 4 is 34.2 Å². The quantitative estimate of drug-likeness (QED) is 0.775. The van der Waals surface area contributed by atoms with E-state index in [4.69, 9.17) is 0 Å². The van der Waals surface area contributed by atoms with Crippen molar-refractivity contribution < 1.29 is 4.79 Å². The number of benzene rings is 1. The first kappa shape index (κ1) is 15.8. The number of rotatable bonds is 4. The van der Waals surface area contributed by atoms with Gasteiger partial charge in [-0.3, -0.25) is 4.79 Å². The van der Waals surface area contributed by atoms with Crippen LogP contribution in [0.15, 0.2) is 18.2 Å². The number of carbonyl (C=O) groups is 1. The average Bonchev–Trinajstić information content (AvgIpc) is 2.41. The third-order valence-corrected chi connectivity index (χ3v) is 4.77. The number of amides is 1. The highest BCUT2D eigenvalue weighted by Gasteiger charge is 2.21. The van der Waals surface area contributed by atoms with Crippen LogP contribution in [0.4, 0.5) is 5.69 Å². The van der Waals surface area contributed by atoms with E-state index in [9.17, 15) is 4.79 Å². The molecule has 2 N–H and O–H groups in total. The van der Waals surface area contributed by atoms with Gasteiger partial charge in [-0.2, -0.15) is 0 Å². The first-order valence-electron chi connectivity index (χ1n) is 7.35. The van der Waals surface area contributed by atoms with Gasteiger partial charge in [0.15, 0.2) is 0 Å². The van der Waals surface area contributed by atoms with Crippen molar-refractivity contribution in [2.75, 3.05) is 11.9 Å². The molecule has 2 atom stereocenters. The molecule has 0 aromatic heterocycles. The van der Waals surface area contributed by atoms with Crippen LogP contribution in [-0.2, 0) is 4.79 Å². The van der Waals surface area contributed by atoms with Crippen molar-refractivity contribution in [3.63, 3.8) is 0 Å². The maximum Gasteiger partial charge on any atom is 0.238 e. The molecule has 0 aliphatic heterocycles. The summed E-state index contributed by atoms with van der Waals surface area (Å²) in [7, 11) is 0. The second kappa shape index (κ2) is 7.41. The molecule has 1 aromatic carbocycles. The Balaban J connectivity index is 1.83. The first-order chi connectivity index (χ1) is 9.56. The highest BCUT2D eigenvalue weighted by atomic mass is 127. The van der Waals surface area contributed by atoms with E-state index in [1.807, 2.05) is 19.1 Å². The lowest BCUT2D eigenvalue weighted by Gasteiger charge is -2.29. The molecular formula is C16H23IN2O. The molecule has 2 unspecified atom stereocenters. The van der Waals surface area contributed by atoms with Gasteiger partial charge in [0, 0.05) is 15.3 Å². The molecule has 1 fully saturated rings. The minimum absolute atomic E-state index is 0.0482. The summed E-state index contributed by atoms with van der Waals surface area (Å²) >= 11 is 2.28. The van der Waals surface area contributed by atoms with Crippen molar-refractivity contribution in [3.8, 4) is 0 Å². The van der Waals surface area contributed by atoms with Crippen LogP contribution in [0.25, 0.3) is 0 Å². The summed E-state index contributed by atoms with van der Waals surface area (Å²) < 4.78 is 1.19. The lowest BCUT2D eigenvalue weighted by Crippen LogP contribution is -2.41. The lowest BCUT2D eigenvalue weighted by atomic mass is 9.86. The molecule has 2 rings (SSSR count). The second-order valence-electron chi connectivity index (χ2n) is 5.76. The van der Waals surface area contributed by atoms with Gasteiger partial charge in [-0.05, 0) is 72.0 Å². The Hall–Kier alpha value is -0.620. The summed E-state index contributed by atoms with van der Waals surface area (Å²) in [5.41, 5.74) is 2.02. The van der Waals surface area contributed by atoms with Gasteiger partial charge in [0.2, 0.25) is 5.91 Å². The molecule has 0 radical (unpaired) electrons. The van der Waals surface area contributed by atoms with Gasteiger partial charge in [-0.1, -0.05) is 19.8 Å². The topological polar surface area (TPSA) is 41.1 Å². The Morgan fingerprint density at radius 1 is 1.35 bits per heavy atom. The SMILES string of the molecule is Cc1cc(I)ccc1NC(=O)CNC1CCCCC1C. The molecule has 1 aliphatic carbocycles. The van der Waals surface area contributed by atoms with Crippen LogP contribution in [0.1, 0.15) is 38.2 Å². The Morgan fingerprint density at radius 2 is 2.10 bits per heavy atom. The highest BCUT2D eigenvalue weighted by Crippen LogP contribution is 2.23. The number of anilines is 1. The van der Waals surface area contributed by atoms with Crippen molar-refractivity contribution in [3.05, 3.63) is 27.3 Å². The zero-order chi connectivity index (χ0) is 14.5. The van der Waals surface area contributed by atoms with Gasteiger partial charge in [0.25, 0.3) is 0 Å². The largest absolute Gasteiger partial charge is 0.325 e. The van der Waals surface area contributed by atoms with E-state index < -0.39 is 0 Å². The molecule has 20 heavy (non-hydrogen) atoms. The summed E-state index contributed by atoms with van der Waals surface area (Å²) in [4.78, 5) is 12.0. The van der Waals surface area contributed by atoms with E-state index in [0.717, 1.165) is 11.3 Å². The molecule has 1 saturated carbocycles. The molecule has 1 aromatic rings. The van der Waals surface area contributed by atoms with Crippen molar-refractivity contribution in [1.82, 2.24) is 5.32 Å². The fourth-order valence-electron chi connectivity index (χ4n) is 2.81. The van der Waals surface area contributed by atoms with Crippen LogP contribution < -0.4 is 10.6 Å². The summed E-state index contributed by atoms with van der Waals surface area (Å²) in [5, 5.41) is 6.40.